The predicted octanol–water partition coefficient (Wildman–Crippen LogP) is 2.74. The van der Waals surface area contributed by atoms with Crippen molar-refractivity contribution in [3.8, 4) is 0 Å². The molecule has 0 N–H and O–H groups in total. The Morgan fingerprint density at radius 2 is 2.00 bits per heavy atom. The van der Waals surface area contributed by atoms with Gasteiger partial charge in [0.2, 0.25) is 0 Å². The Balaban J connectivity index is 2.84. The lowest BCUT2D eigenvalue weighted by Gasteiger charge is -2.12. The Labute approximate surface area is 67.6 Å². The number of rotatable bonds is 2. The maximum absolute atomic E-state index is 4.87. The quantitative estimate of drug-likeness (QED) is 0.653. The van der Waals surface area contributed by atoms with E-state index in [0.29, 0.717) is 11.8 Å². The molecule has 0 amide bonds. The average molecular weight is 153 g/mol. The molecular formula is C9H15NO. The van der Waals surface area contributed by atoms with E-state index >= 15 is 0 Å². The molecule has 0 unspecified atom stereocenters. The minimum atomic E-state index is 0.543. The zero-order valence-electron chi connectivity index (χ0n) is 7.59. The molecule has 1 heterocycles. The van der Waals surface area contributed by atoms with Gasteiger partial charge in [-0.15, -0.1) is 0 Å². The van der Waals surface area contributed by atoms with Crippen molar-refractivity contribution in [3.63, 3.8) is 0 Å². The zero-order chi connectivity index (χ0) is 8.43. The van der Waals surface area contributed by atoms with Crippen LogP contribution in [0.1, 0.15) is 37.9 Å². The fourth-order valence-electron chi connectivity index (χ4n) is 1.10. The fraction of sp³-hybridized carbons (Fsp3) is 0.667. The molecule has 0 aliphatic carbocycles. The van der Waals surface area contributed by atoms with Crippen LogP contribution in [0.4, 0.5) is 0 Å². The summed E-state index contributed by atoms with van der Waals surface area (Å²) < 4.78 is 4.87. The van der Waals surface area contributed by atoms with Crippen LogP contribution >= 0.6 is 0 Å². The molecular weight excluding hydrogens is 138 g/mol. The predicted molar refractivity (Wildman–Crippen MR) is 44.5 cm³/mol. The average Bonchev–Trinajstić information content (AvgIpc) is 2.33. The fourth-order valence-corrected chi connectivity index (χ4v) is 1.10. The topological polar surface area (TPSA) is 26.0 Å². The van der Waals surface area contributed by atoms with E-state index in [-0.39, 0.29) is 0 Å². The molecule has 2 nitrogen and oxygen atoms in total. The van der Waals surface area contributed by atoms with Gasteiger partial charge in [-0.1, -0.05) is 25.9 Å². The molecule has 1 aromatic heterocycles. The number of hydrogen-bond donors (Lipinski definition) is 0. The Morgan fingerprint density at radius 1 is 1.36 bits per heavy atom. The van der Waals surface area contributed by atoms with Gasteiger partial charge in [-0.3, -0.25) is 0 Å². The second-order valence-corrected chi connectivity index (χ2v) is 3.39. The molecule has 0 aliphatic heterocycles. The molecule has 0 fully saturated rings. The lowest BCUT2D eigenvalue weighted by molar-refractivity contribution is 0.412. The Morgan fingerprint density at radius 3 is 2.36 bits per heavy atom. The number of nitrogens with zero attached hydrogens (tertiary/aromatic N) is 1. The number of aromatic nitrogens is 1. The molecule has 0 saturated heterocycles. The molecule has 0 radical (unpaired) electrons. The van der Waals surface area contributed by atoms with E-state index in [9.17, 15) is 0 Å². The Kier molecular flexibility index (Phi) is 2.32. The van der Waals surface area contributed by atoms with Crippen LogP contribution in [0.2, 0.25) is 0 Å². The van der Waals surface area contributed by atoms with Gasteiger partial charge >= 0.3 is 0 Å². The molecule has 0 saturated carbocycles. The molecule has 0 bridgehead atoms. The highest BCUT2D eigenvalue weighted by Crippen LogP contribution is 2.25. The van der Waals surface area contributed by atoms with Crippen LogP contribution in [-0.4, -0.2) is 5.16 Å². The third-order valence-electron chi connectivity index (χ3n) is 2.28. The van der Waals surface area contributed by atoms with Gasteiger partial charge in [0, 0.05) is 5.56 Å². The minimum Gasteiger partial charge on any atom is -0.364 e. The van der Waals surface area contributed by atoms with Gasteiger partial charge in [0.15, 0.2) is 0 Å². The molecule has 1 aromatic rings. The second-order valence-electron chi connectivity index (χ2n) is 3.39. The normalized spacial score (nSPS) is 13.9. The molecule has 2 heteroatoms. The first-order valence-corrected chi connectivity index (χ1v) is 4.03. The minimum absolute atomic E-state index is 0.543. The number of aryl methyl sites for hydroxylation is 1. The molecule has 1 rings (SSSR count). The SMILES string of the molecule is Cc1nocc1[C@H](C)C(C)C. The summed E-state index contributed by atoms with van der Waals surface area (Å²) in [6.07, 6.45) is 1.75. The van der Waals surface area contributed by atoms with Crippen LogP contribution in [0.5, 0.6) is 0 Å². The van der Waals surface area contributed by atoms with Crippen LogP contribution in [-0.2, 0) is 0 Å². The number of hydrogen-bond acceptors (Lipinski definition) is 2. The maximum Gasteiger partial charge on any atom is 0.127 e. The standard InChI is InChI=1S/C9H15NO/c1-6(2)7(3)9-5-11-10-8(9)4/h5-7H,1-4H3/t7-/m1/s1. The lowest BCUT2D eigenvalue weighted by Crippen LogP contribution is -2.02. The van der Waals surface area contributed by atoms with E-state index in [1.54, 1.807) is 6.26 Å². The summed E-state index contributed by atoms with van der Waals surface area (Å²) in [6, 6.07) is 0. The third-order valence-corrected chi connectivity index (χ3v) is 2.28. The van der Waals surface area contributed by atoms with Gasteiger partial charge in [-0.05, 0) is 18.8 Å². The Hall–Kier alpha value is -0.790. The van der Waals surface area contributed by atoms with Crippen LogP contribution in [0.3, 0.4) is 0 Å². The molecule has 11 heavy (non-hydrogen) atoms. The second kappa shape index (κ2) is 3.07. The van der Waals surface area contributed by atoms with Gasteiger partial charge in [0.25, 0.3) is 0 Å². The van der Waals surface area contributed by atoms with Crippen molar-refractivity contribution >= 4 is 0 Å². The van der Waals surface area contributed by atoms with Crippen molar-refractivity contribution in [1.29, 1.82) is 0 Å². The van der Waals surface area contributed by atoms with E-state index in [1.807, 2.05) is 6.92 Å². The van der Waals surface area contributed by atoms with Crippen LogP contribution in [0, 0.1) is 12.8 Å². The Bertz CT molecular complexity index is 227. The van der Waals surface area contributed by atoms with Crippen LogP contribution in [0.15, 0.2) is 10.8 Å². The lowest BCUT2D eigenvalue weighted by atomic mass is 9.91. The van der Waals surface area contributed by atoms with Crippen molar-refractivity contribution in [3.05, 3.63) is 17.5 Å². The third kappa shape index (κ3) is 1.62. The van der Waals surface area contributed by atoms with E-state index in [2.05, 4.69) is 25.9 Å². The molecule has 0 aromatic carbocycles. The van der Waals surface area contributed by atoms with Gasteiger partial charge in [0.1, 0.15) is 6.26 Å². The smallest absolute Gasteiger partial charge is 0.127 e. The van der Waals surface area contributed by atoms with E-state index in [4.69, 9.17) is 4.52 Å². The van der Waals surface area contributed by atoms with Gasteiger partial charge in [-0.2, -0.15) is 0 Å². The summed E-state index contributed by atoms with van der Waals surface area (Å²) in [6.45, 7) is 8.59. The van der Waals surface area contributed by atoms with Crippen molar-refractivity contribution < 1.29 is 4.52 Å². The molecule has 0 aliphatic rings. The van der Waals surface area contributed by atoms with Crippen LogP contribution in [0.25, 0.3) is 0 Å². The summed E-state index contributed by atoms with van der Waals surface area (Å²) in [4.78, 5) is 0. The van der Waals surface area contributed by atoms with Gasteiger partial charge in [-0.25, -0.2) is 0 Å². The first kappa shape index (κ1) is 8.31. The summed E-state index contributed by atoms with van der Waals surface area (Å²) in [5.74, 6) is 1.19. The van der Waals surface area contributed by atoms with Gasteiger partial charge < -0.3 is 4.52 Å². The summed E-state index contributed by atoms with van der Waals surface area (Å²) in [5, 5.41) is 3.85. The summed E-state index contributed by atoms with van der Waals surface area (Å²) >= 11 is 0. The summed E-state index contributed by atoms with van der Waals surface area (Å²) in [5.41, 5.74) is 2.26. The first-order valence-electron chi connectivity index (χ1n) is 4.03. The van der Waals surface area contributed by atoms with E-state index in [0.717, 1.165) is 5.69 Å². The van der Waals surface area contributed by atoms with Crippen molar-refractivity contribution in [2.75, 3.05) is 0 Å². The zero-order valence-corrected chi connectivity index (χ0v) is 7.59. The van der Waals surface area contributed by atoms with Crippen molar-refractivity contribution in [1.82, 2.24) is 5.16 Å². The molecule has 62 valence electrons. The van der Waals surface area contributed by atoms with E-state index < -0.39 is 0 Å². The first-order chi connectivity index (χ1) is 5.13. The highest BCUT2D eigenvalue weighted by molar-refractivity contribution is 5.17. The monoisotopic (exact) mass is 153 g/mol. The summed E-state index contributed by atoms with van der Waals surface area (Å²) in [7, 11) is 0. The van der Waals surface area contributed by atoms with Crippen LogP contribution < -0.4 is 0 Å². The van der Waals surface area contributed by atoms with Gasteiger partial charge in [0.05, 0.1) is 5.69 Å². The van der Waals surface area contributed by atoms with Crippen molar-refractivity contribution in [2.45, 2.75) is 33.6 Å². The maximum atomic E-state index is 4.87. The highest BCUT2D eigenvalue weighted by atomic mass is 16.5. The largest absolute Gasteiger partial charge is 0.364 e. The molecule has 0 spiro atoms. The van der Waals surface area contributed by atoms with Crippen molar-refractivity contribution in [2.24, 2.45) is 5.92 Å². The highest BCUT2D eigenvalue weighted by Gasteiger charge is 2.14. The molecule has 1 atom stereocenters. The van der Waals surface area contributed by atoms with E-state index in [1.165, 1.54) is 5.56 Å².